The van der Waals surface area contributed by atoms with E-state index in [-0.39, 0.29) is 12.1 Å². The summed E-state index contributed by atoms with van der Waals surface area (Å²) >= 11 is 5.88. The third-order valence-electron chi connectivity index (χ3n) is 5.97. The molecule has 1 fully saturated rings. The topological polar surface area (TPSA) is 150 Å². The van der Waals surface area contributed by atoms with E-state index >= 15 is 0 Å². The molecule has 1 saturated carbocycles. The Hall–Kier alpha value is -2.98. The molecule has 2 N–H and O–H groups in total. The number of aliphatic hydroxyl groups is 2. The number of esters is 1. The molecular weight excluding hydrogens is 502 g/mol. The van der Waals surface area contributed by atoms with Crippen LogP contribution in [0.25, 0.3) is 0 Å². The summed E-state index contributed by atoms with van der Waals surface area (Å²) in [6, 6.07) is 16.3. The molecule has 1 aliphatic rings. The first-order chi connectivity index (χ1) is 17.5. The van der Waals surface area contributed by atoms with Crippen LogP contribution in [0.1, 0.15) is 48.3 Å². The van der Waals surface area contributed by atoms with Gasteiger partial charge in [-0.3, -0.25) is 4.79 Å². The van der Waals surface area contributed by atoms with Crippen LogP contribution in [-0.2, 0) is 32.1 Å². The van der Waals surface area contributed by atoms with E-state index in [2.05, 4.69) is 43.3 Å². The molecule has 2 aromatic rings. The van der Waals surface area contributed by atoms with Crippen LogP contribution >= 0.6 is 11.6 Å². The Kier molecular flexibility index (Phi) is 12.0. The second-order valence-electron chi connectivity index (χ2n) is 9.27. The molecule has 0 saturated heterocycles. The van der Waals surface area contributed by atoms with E-state index in [1.807, 2.05) is 12.1 Å². The zero-order valence-electron chi connectivity index (χ0n) is 20.8. The van der Waals surface area contributed by atoms with Crippen LogP contribution < -0.4 is 10.2 Å². The molecule has 37 heavy (non-hydrogen) atoms. The van der Waals surface area contributed by atoms with Crippen LogP contribution in [0.15, 0.2) is 48.5 Å². The van der Waals surface area contributed by atoms with Crippen LogP contribution in [-0.4, -0.2) is 65.4 Å². The highest BCUT2D eigenvalue weighted by atomic mass is 35.5. The molecule has 0 heterocycles. The maximum Gasteiger partial charge on any atom is 0.310 e. The molecule has 3 rings (SSSR count). The van der Waals surface area contributed by atoms with Gasteiger partial charge in [-0.1, -0.05) is 48.0 Å². The number of benzene rings is 2. The largest absolute Gasteiger partial charge is 0.547 e. The number of aliphatic carboxylic acids is 2. The predicted molar refractivity (Wildman–Crippen MR) is 132 cm³/mol. The highest BCUT2D eigenvalue weighted by molar-refractivity contribution is 6.30. The van der Waals surface area contributed by atoms with E-state index in [1.54, 1.807) is 12.1 Å². The zero-order chi connectivity index (χ0) is 27.5. The van der Waals surface area contributed by atoms with Crippen molar-refractivity contribution >= 4 is 29.5 Å². The van der Waals surface area contributed by atoms with Crippen molar-refractivity contribution in [3.63, 3.8) is 0 Å². The van der Waals surface area contributed by atoms with Gasteiger partial charge in [0.2, 0.25) is 0 Å². The fourth-order valence-corrected chi connectivity index (χ4v) is 4.15. The molecule has 0 aromatic heterocycles. The predicted octanol–water partition coefficient (Wildman–Crippen LogP) is 0.422. The van der Waals surface area contributed by atoms with E-state index < -0.39 is 24.1 Å². The van der Waals surface area contributed by atoms with Gasteiger partial charge in [0.05, 0.1) is 18.4 Å². The maximum atomic E-state index is 12.2. The van der Waals surface area contributed by atoms with Crippen molar-refractivity contribution in [2.45, 2.75) is 62.9 Å². The average Bonchev–Trinajstić information content (AvgIpc) is 2.85. The number of carbonyl (C=O) groups excluding carboxylic acids is 3. The first-order valence-corrected chi connectivity index (χ1v) is 12.3. The van der Waals surface area contributed by atoms with E-state index in [1.165, 1.54) is 11.1 Å². The van der Waals surface area contributed by atoms with E-state index in [4.69, 9.17) is 26.6 Å². The number of ether oxygens (including phenoxy) is 1. The lowest BCUT2D eigenvalue weighted by Crippen LogP contribution is -2.51. The number of hydrogen-bond donors (Lipinski definition) is 2. The SMILES string of the molecule is CN(C)Cc1ccc(C2CCC(OC(=O)Cc3ccc(Cl)cc3)CC2)cc1.O=C([O-])C(O)C(O)C(=O)[O-]. The number of aliphatic hydroxyl groups excluding tert-OH is 2. The highest BCUT2D eigenvalue weighted by Crippen LogP contribution is 2.34. The second-order valence-corrected chi connectivity index (χ2v) is 9.71. The number of carboxylic acid groups (broad SMARTS) is 2. The number of rotatable bonds is 9. The number of nitrogens with zero attached hydrogens (tertiary/aromatic N) is 1. The van der Waals surface area contributed by atoms with Crippen LogP contribution in [0.5, 0.6) is 0 Å². The minimum absolute atomic E-state index is 0.0501. The van der Waals surface area contributed by atoms with E-state index in [9.17, 15) is 24.6 Å². The van der Waals surface area contributed by atoms with Crippen LogP contribution in [0.4, 0.5) is 0 Å². The molecule has 202 valence electrons. The molecule has 0 bridgehead atoms. The molecule has 9 nitrogen and oxygen atoms in total. The van der Waals surface area contributed by atoms with Crippen molar-refractivity contribution in [1.82, 2.24) is 4.90 Å². The summed E-state index contributed by atoms with van der Waals surface area (Å²) in [6.07, 6.45) is -0.487. The van der Waals surface area contributed by atoms with Crippen molar-refractivity contribution < 1.29 is 39.5 Å². The van der Waals surface area contributed by atoms with Gasteiger partial charge in [-0.05, 0) is 74.5 Å². The van der Waals surface area contributed by atoms with Gasteiger partial charge in [0, 0.05) is 11.6 Å². The van der Waals surface area contributed by atoms with Gasteiger partial charge in [-0.25, -0.2) is 0 Å². The summed E-state index contributed by atoms with van der Waals surface area (Å²) in [7, 11) is 4.17. The fourth-order valence-electron chi connectivity index (χ4n) is 4.03. The van der Waals surface area contributed by atoms with Gasteiger partial charge < -0.3 is 39.7 Å². The minimum Gasteiger partial charge on any atom is -0.547 e. The molecule has 10 heteroatoms. The smallest absolute Gasteiger partial charge is 0.310 e. The molecule has 0 spiro atoms. The summed E-state index contributed by atoms with van der Waals surface area (Å²) in [4.78, 5) is 33.6. The van der Waals surface area contributed by atoms with Gasteiger partial charge in [0.25, 0.3) is 0 Å². The van der Waals surface area contributed by atoms with Crippen molar-refractivity contribution in [2.75, 3.05) is 14.1 Å². The Morgan fingerprint density at radius 2 is 1.38 bits per heavy atom. The van der Waals surface area contributed by atoms with Crippen LogP contribution in [0, 0.1) is 0 Å². The van der Waals surface area contributed by atoms with Gasteiger partial charge in [0.1, 0.15) is 18.3 Å². The number of hydrogen-bond acceptors (Lipinski definition) is 9. The van der Waals surface area contributed by atoms with Gasteiger partial charge in [-0.15, -0.1) is 0 Å². The number of carboxylic acids is 2. The van der Waals surface area contributed by atoms with Gasteiger partial charge in [-0.2, -0.15) is 0 Å². The Labute approximate surface area is 221 Å². The summed E-state index contributed by atoms with van der Waals surface area (Å²) < 4.78 is 5.70. The summed E-state index contributed by atoms with van der Waals surface area (Å²) in [5.74, 6) is -3.69. The highest BCUT2D eigenvalue weighted by Gasteiger charge is 2.25. The normalized spacial score (nSPS) is 18.8. The summed E-state index contributed by atoms with van der Waals surface area (Å²) in [5, 5.41) is 36.4. The van der Waals surface area contributed by atoms with Crippen molar-refractivity contribution in [3.8, 4) is 0 Å². The fraction of sp³-hybridized carbons (Fsp3) is 0.444. The monoisotopic (exact) mass is 533 g/mol. The lowest BCUT2D eigenvalue weighted by Gasteiger charge is -2.28. The quantitative estimate of drug-likeness (QED) is 0.437. The standard InChI is InChI=1S/C23H28ClNO2.C4H6O6/c1-25(2)16-18-3-7-19(8-4-18)20-9-13-22(14-10-20)27-23(26)15-17-5-11-21(24)12-6-17;5-1(3(7)8)2(6)4(9)10/h3-8,11-12,20,22H,9-10,13-16H2,1-2H3;1-2,5-6H,(H,7,8)(H,9,10)/p-2. The number of halogens is 1. The average molecular weight is 534 g/mol. The molecule has 1 aliphatic carbocycles. The maximum absolute atomic E-state index is 12.2. The lowest BCUT2D eigenvalue weighted by atomic mass is 9.82. The molecule has 0 radical (unpaired) electrons. The minimum atomic E-state index is -2.44. The Bertz CT molecular complexity index is 1000. The lowest BCUT2D eigenvalue weighted by molar-refractivity contribution is -0.333. The Balaban J connectivity index is 0.000000410. The number of carbonyl (C=O) groups is 3. The van der Waals surface area contributed by atoms with Gasteiger partial charge in [0.15, 0.2) is 0 Å². The molecule has 2 aromatic carbocycles. The van der Waals surface area contributed by atoms with Crippen LogP contribution in [0.2, 0.25) is 5.02 Å². The van der Waals surface area contributed by atoms with E-state index in [0.717, 1.165) is 37.8 Å². The van der Waals surface area contributed by atoms with Crippen LogP contribution in [0.3, 0.4) is 0 Å². The molecule has 0 aliphatic heterocycles. The van der Waals surface area contributed by atoms with Crippen molar-refractivity contribution in [3.05, 3.63) is 70.2 Å². The third-order valence-corrected chi connectivity index (χ3v) is 6.22. The Morgan fingerprint density at radius 1 is 0.892 bits per heavy atom. The summed E-state index contributed by atoms with van der Waals surface area (Å²) in [5.41, 5.74) is 3.69. The summed E-state index contributed by atoms with van der Waals surface area (Å²) in [6.45, 7) is 0.969. The Morgan fingerprint density at radius 3 is 1.84 bits per heavy atom. The zero-order valence-corrected chi connectivity index (χ0v) is 21.6. The third kappa shape index (κ3) is 10.5. The van der Waals surface area contributed by atoms with Gasteiger partial charge >= 0.3 is 5.97 Å². The molecule has 2 unspecified atom stereocenters. The first-order valence-electron chi connectivity index (χ1n) is 11.9. The molecule has 0 amide bonds. The second kappa shape index (κ2) is 14.7. The molecule has 2 atom stereocenters. The van der Waals surface area contributed by atoms with Crippen molar-refractivity contribution in [1.29, 1.82) is 0 Å². The van der Waals surface area contributed by atoms with Crippen molar-refractivity contribution in [2.24, 2.45) is 0 Å². The van der Waals surface area contributed by atoms with E-state index in [0.29, 0.717) is 17.4 Å². The first kappa shape index (κ1) is 30.2. The molecular formula is C27H32ClNO8-2.